The van der Waals surface area contributed by atoms with Gasteiger partial charge in [0.2, 0.25) is 5.91 Å². The maximum atomic E-state index is 12.4. The molecule has 7 nitrogen and oxygen atoms in total. The number of amides is 3. The number of ether oxygens (including phenoxy) is 1. The van der Waals surface area contributed by atoms with Gasteiger partial charge in [0.05, 0.1) is 12.2 Å². The van der Waals surface area contributed by atoms with Crippen LogP contribution < -0.4 is 20.9 Å². The van der Waals surface area contributed by atoms with Gasteiger partial charge in [-0.1, -0.05) is 25.5 Å². The second-order valence-electron chi connectivity index (χ2n) is 5.86. The molecule has 7 heteroatoms. The number of anilines is 1. The van der Waals surface area contributed by atoms with Crippen LogP contribution in [0.3, 0.4) is 0 Å². The highest BCUT2D eigenvalue weighted by atomic mass is 16.5. The van der Waals surface area contributed by atoms with E-state index in [1.54, 1.807) is 48.5 Å². The summed E-state index contributed by atoms with van der Waals surface area (Å²) in [6, 6.07) is 13.2. The molecule has 0 aromatic heterocycles. The van der Waals surface area contributed by atoms with Gasteiger partial charge in [0, 0.05) is 18.2 Å². The molecule has 0 aliphatic rings. The van der Waals surface area contributed by atoms with Gasteiger partial charge in [-0.2, -0.15) is 0 Å². The van der Waals surface area contributed by atoms with Gasteiger partial charge < -0.3 is 10.1 Å². The normalized spacial score (nSPS) is 10.0. The number of hydrogen-bond donors (Lipinski definition) is 3. The molecule has 0 bridgehead atoms. The number of carbonyl (C=O) groups is 3. The fourth-order valence-electron chi connectivity index (χ4n) is 2.27. The molecule has 0 unspecified atom stereocenters. The van der Waals surface area contributed by atoms with Crippen molar-refractivity contribution in [3.05, 3.63) is 59.7 Å². The number of hydrazine groups is 1. The van der Waals surface area contributed by atoms with Crippen molar-refractivity contribution in [3.8, 4) is 5.75 Å². The van der Waals surface area contributed by atoms with Gasteiger partial charge in [-0.05, 0) is 42.8 Å². The Morgan fingerprint density at radius 1 is 0.926 bits per heavy atom. The molecule has 2 aromatic carbocycles. The molecule has 0 atom stereocenters. The lowest BCUT2D eigenvalue weighted by molar-refractivity contribution is -0.114. The average Bonchev–Trinajstić information content (AvgIpc) is 2.66. The molecular weight excluding hydrogens is 346 g/mol. The molecule has 0 saturated heterocycles. The van der Waals surface area contributed by atoms with Crippen molar-refractivity contribution in [1.29, 1.82) is 0 Å². The average molecular weight is 369 g/mol. The smallest absolute Gasteiger partial charge is 0.273 e. The van der Waals surface area contributed by atoms with E-state index < -0.39 is 11.8 Å². The van der Waals surface area contributed by atoms with Gasteiger partial charge in [-0.25, -0.2) is 0 Å². The van der Waals surface area contributed by atoms with Gasteiger partial charge in [0.15, 0.2) is 0 Å². The summed E-state index contributed by atoms with van der Waals surface area (Å²) in [6.07, 6.45) is 1.88. The first kappa shape index (κ1) is 20.0. The van der Waals surface area contributed by atoms with E-state index in [1.165, 1.54) is 6.92 Å². The van der Waals surface area contributed by atoms with Crippen molar-refractivity contribution in [3.63, 3.8) is 0 Å². The zero-order chi connectivity index (χ0) is 19.6. The van der Waals surface area contributed by atoms with Crippen LogP contribution in [-0.4, -0.2) is 24.3 Å². The van der Waals surface area contributed by atoms with Crippen molar-refractivity contribution >= 4 is 23.4 Å². The Kier molecular flexibility index (Phi) is 7.37. The van der Waals surface area contributed by atoms with Crippen molar-refractivity contribution in [2.75, 3.05) is 11.9 Å². The van der Waals surface area contributed by atoms with Crippen molar-refractivity contribution in [2.45, 2.75) is 26.7 Å². The van der Waals surface area contributed by atoms with E-state index in [4.69, 9.17) is 4.74 Å². The van der Waals surface area contributed by atoms with E-state index in [-0.39, 0.29) is 5.91 Å². The van der Waals surface area contributed by atoms with E-state index in [0.29, 0.717) is 29.2 Å². The van der Waals surface area contributed by atoms with Crippen LogP contribution in [0.1, 0.15) is 47.4 Å². The van der Waals surface area contributed by atoms with Crippen LogP contribution >= 0.6 is 0 Å². The summed E-state index contributed by atoms with van der Waals surface area (Å²) in [5.74, 6) is -0.663. The van der Waals surface area contributed by atoms with Gasteiger partial charge >= 0.3 is 0 Å². The highest BCUT2D eigenvalue weighted by Crippen LogP contribution is 2.18. The first-order valence-corrected chi connectivity index (χ1v) is 8.71. The molecule has 142 valence electrons. The topological polar surface area (TPSA) is 96.5 Å². The van der Waals surface area contributed by atoms with Gasteiger partial charge in [0.1, 0.15) is 5.75 Å². The summed E-state index contributed by atoms with van der Waals surface area (Å²) in [6.45, 7) is 3.98. The number of benzene rings is 2. The predicted molar refractivity (Wildman–Crippen MR) is 103 cm³/mol. The van der Waals surface area contributed by atoms with Gasteiger partial charge in [0.25, 0.3) is 11.8 Å². The second-order valence-corrected chi connectivity index (χ2v) is 5.86. The SMILES string of the molecule is CCCCOc1ccccc1C(=O)NNC(=O)c1ccc(NC(C)=O)cc1. The molecular formula is C20H23N3O4. The van der Waals surface area contributed by atoms with E-state index in [1.807, 2.05) is 0 Å². The maximum Gasteiger partial charge on any atom is 0.273 e. The predicted octanol–water partition coefficient (Wildman–Crippen LogP) is 2.90. The minimum atomic E-state index is -0.470. The molecule has 3 N–H and O–H groups in total. The Morgan fingerprint density at radius 2 is 1.59 bits per heavy atom. The Hall–Kier alpha value is -3.35. The van der Waals surface area contributed by atoms with Crippen LogP contribution in [-0.2, 0) is 4.79 Å². The quantitative estimate of drug-likeness (QED) is 0.516. The third-order valence-electron chi connectivity index (χ3n) is 3.64. The molecule has 0 fully saturated rings. The molecule has 27 heavy (non-hydrogen) atoms. The molecule has 0 spiro atoms. The minimum absolute atomic E-state index is 0.195. The van der Waals surface area contributed by atoms with Crippen LogP contribution in [0.25, 0.3) is 0 Å². The lowest BCUT2D eigenvalue weighted by atomic mass is 10.2. The standard InChI is InChI=1S/C20H23N3O4/c1-3-4-13-27-18-8-6-5-7-17(18)20(26)23-22-19(25)15-9-11-16(12-10-15)21-14(2)24/h5-12H,3-4,13H2,1-2H3,(H,21,24)(H,22,25)(H,23,26). The number of hydrogen-bond acceptors (Lipinski definition) is 4. The van der Waals surface area contributed by atoms with E-state index >= 15 is 0 Å². The number of rotatable bonds is 7. The van der Waals surface area contributed by atoms with Crippen LogP contribution in [0.5, 0.6) is 5.75 Å². The fourth-order valence-corrected chi connectivity index (χ4v) is 2.27. The van der Waals surface area contributed by atoms with Crippen LogP contribution in [0.15, 0.2) is 48.5 Å². The summed E-state index contributed by atoms with van der Waals surface area (Å²) in [5, 5.41) is 2.62. The van der Waals surface area contributed by atoms with Crippen molar-refractivity contribution in [1.82, 2.24) is 10.9 Å². The molecule has 0 radical (unpaired) electrons. The zero-order valence-corrected chi connectivity index (χ0v) is 15.4. The molecule has 0 saturated carbocycles. The minimum Gasteiger partial charge on any atom is -0.493 e. The van der Waals surface area contributed by atoms with Crippen molar-refractivity contribution in [2.24, 2.45) is 0 Å². The Bertz CT molecular complexity index is 803. The summed E-state index contributed by atoms with van der Waals surface area (Å²) < 4.78 is 5.63. The summed E-state index contributed by atoms with van der Waals surface area (Å²) in [5.41, 5.74) is 6.03. The third kappa shape index (κ3) is 6.14. The van der Waals surface area contributed by atoms with Gasteiger partial charge in [-0.15, -0.1) is 0 Å². The Morgan fingerprint density at radius 3 is 2.26 bits per heavy atom. The fraction of sp³-hybridized carbons (Fsp3) is 0.250. The van der Waals surface area contributed by atoms with Crippen LogP contribution in [0.4, 0.5) is 5.69 Å². The number of para-hydroxylation sites is 1. The molecule has 0 aliphatic carbocycles. The first-order chi connectivity index (χ1) is 13.0. The van der Waals surface area contributed by atoms with Crippen LogP contribution in [0.2, 0.25) is 0 Å². The molecule has 3 amide bonds. The highest BCUT2D eigenvalue weighted by Gasteiger charge is 2.13. The first-order valence-electron chi connectivity index (χ1n) is 8.71. The Balaban J connectivity index is 1.95. The van der Waals surface area contributed by atoms with E-state index in [9.17, 15) is 14.4 Å². The molecule has 0 heterocycles. The lowest BCUT2D eigenvalue weighted by Gasteiger charge is -2.12. The largest absolute Gasteiger partial charge is 0.493 e. The summed E-state index contributed by atoms with van der Waals surface area (Å²) in [4.78, 5) is 35.5. The number of unbranched alkanes of at least 4 members (excludes halogenated alkanes) is 1. The number of carbonyl (C=O) groups excluding carboxylic acids is 3. The van der Waals surface area contributed by atoms with Crippen molar-refractivity contribution < 1.29 is 19.1 Å². The monoisotopic (exact) mass is 369 g/mol. The number of nitrogens with one attached hydrogen (secondary N) is 3. The van der Waals surface area contributed by atoms with E-state index in [2.05, 4.69) is 23.1 Å². The Labute approximate surface area is 158 Å². The third-order valence-corrected chi connectivity index (χ3v) is 3.64. The van der Waals surface area contributed by atoms with Gasteiger partial charge in [-0.3, -0.25) is 25.2 Å². The van der Waals surface area contributed by atoms with E-state index in [0.717, 1.165) is 12.8 Å². The second kappa shape index (κ2) is 9.96. The molecule has 0 aliphatic heterocycles. The zero-order valence-electron chi connectivity index (χ0n) is 15.4. The molecule has 2 aromatic rings. The highest BCUT2D eigenvalue weighted by molar-refractivity contribution is 6.00. The summed E-state index contributed by atoms with van der Waals surface area (Å²) in [7, 11) is 0. The van der Waals surface area contributed by atoms with Crippen LogP contribution in [0, 0.1) is 0 Å². The summed E-state index contributed by atoms with van der Waals surface area (Å²) >= 11 is 0. The maximum absolute atomic E-state index is 12.4. The molecule has 2 rings (SSSR count). The lowest BCUT2D eigenvalue weighted by Crippen LogP contribution is -2.41.